The van der Waals surface area contributed by atoms with Crippen molar-refractivity contribution in [2.24, 2.45) is 0 Å². The molecule has 0 radical (unpaired) electrons. The molecular formula is C14H22N4O2. The lowest BCUT2D eigenvalue weighted by atomic mass is 10.3. The average Bonchev–Trinajstić information content (AvgIpc) is 2.48. The molecule has 1 saturated heterocycles. The van der Waals surface area contributed by atoms with E-state index in [0.717, 1.165) is 38.4 Å². The molecule has 1 unspecified atom stereocenters. The number of nitrogens with one attached hydrogen (secondary N) is 1. The van der Waals surface area contributed by atoms with E-state index in [2.05, 4.69) is 20.2 Å². The van der Waals surface area contributed by atoms with E-state index >= 15 is 0 Å². The van der Waals surface area contributed by atoms with Crippen molar-refractivity contribution in [1.29, 1.82) is 0 Å². The van der Waals surface area contributed by atoms with Gasteiger partial charge in [0, 0.05) is 38.8 Å². The molecule has 2 heterocycles. The van der Waals surface area contributed by atoms with Gasteiger partial charge in [0.25, 0.3) is 0 Å². The molecule has 0 saturated carbocycles. The van der Waals surface area contributed by atoms with E-state index in [-0.39, 0.29) is 5.97 Å². The second-order valence-corrected chi connectivity index (χ2v) is 4.89. The van der Waals surface area contributed by atoms with Crippen molar-refractivity contribution in [3.8, 4) is 0 Å². The van der Waals surface area contributed by atoms with Gasteiger partial charge in [0.1, 0.15) is 5.82 Å². The molecule has 1 aromatic heterocycles. The molecule has 1 aromatic rings. The fourth-order valence-electron chi connectivity index (χ4n) is 2.14. The maximum atomic E-state index is 11.5. The number of piperazine rings is 1. The molecule has 1 aliphatic rings. The lowest BCUT2D eigenvalue weighted by molar-refractivity contribution is -0.149. The largest absolute Gasteiger partial charge is 0.454 e. The minimum atomic E-state index is -0.406. The van der Waals surface area contributed by atoms with Crippen LogP contribution in [0.15, 0.2) is 12.3 Å². The smallest absolute Gasteiger partial charge is 0.306 e. The van der Waals surface area contributed by atoms with Gasteiger partial charge in [-0.2, -0.15) is 0 Å². The summed E-state index contributed by atoms with van der Waals surface area (Å²) < 4.78 is 5.32. The summed E-state index contributed by atoms with van der Waals surface area (Å²) >= 11 is 0. The first kappa shape index (κ1) is 14.7. The fourth-order valence-corrected chi connectivity index (χ4v) is 2.14. The van der Waals surface area contributed by atoms with Crippen LogP contribution < -0.4 is 10.2 Å². The van der Waals surface area contributed by atoms with Gasteiger partial charge in [-0.05, 0) is 19.4 Å². The molecule has 0 spiro atoms. The Labute approximate surface area is 119 Å². The summed E-state index contributed by atoms with van der Waals surface area (Å²) in [7, 11) is 0. The SMILES string of the molecule is CCCC(=O)OC(C)c1nccc(N2CCNCC2)n1. The highest BCUT2D eigenvalue weighted by Crippen LogP contribution is 2.17. The van der Waals surface area contributed by atoms with Crippen LogP contribution in [-0.2, 0) is 9.53 Å². The standard InChI is InChI=1S/C14H22N4O2/c1-3-4-13(19)20-11(2)14-16-6-5-12(17-14)18-9-7-15-8-10-18/h5-6,11,15H,3-4,7-10H2,1-2H3. The number of carbonyl (C=O) groups excluding carboxylic acids is 1. The zero-order chi connectivity index (χ0) is 14.4. The number of hydrogen-bond acceptors (Lipinski definition) is 6. The van der Waals surface area contributed by atoms with Crippen molar-refractivity contribution in [2.75, 3.05) is 31.1 Å². The Hall–Kier alpha value is -1.69. The molecule has 1 aliphatic heterocycles. The molecular weight excluding hydrogens is 256 g/mol. The van der Waals surface area contributed by atoms with Crippen molar-refractivity contribution in [3.05, 3.63) is 18.1 Å². The monoisotopic (exact) mass is 278 g/mol. The van der Waals surface area contributed by atoms with Crippen molar-refractivity contribution < 1.29 is 9.53 Å². The van der Waals surface area contributed by atoms with Crippen molar-refractivity contribution in [1.82, 2.24) is 15.3 Å². The van der Waals surface area contributed by atoms with Gasteiger partial charge in [0.05, 0.1) is 0 Å². The van der Waals surface area contributed by atoms with E-state index in [1.807, 2.05) is 19.9 Å². The van der Waals surface area contributed by atoms with Crippen LogP contribution >= 0.6 is 0 Å². The molecule has 0 bridgehead atoms. The first-order valence-electron chi connectivity index (χ1n) is 7.18. The van der Waals surface area contributed by atoms with E-state index in [9.17, 15) is 4.79 Å². The summed E-state index contributed by atoms with van der Waals surface area (Å²) in [6, 6.07) is 1.90. The molecule has 1 N–H and O–H groups in total. The third-order valence-corrected chi connectivity index (χ3v) is 3.23. The predicted molar refractivity (Wildman–Crippen MR) is 76.5 cm³/mol. The van der Waals surface area contributed by atoms with Crippen LogP contribution in [0.4, 0.5) is 5.82 Å². The van der Waals surface area contributed by atoms with Crippen LogP contribution in [0.5, 0.6) is 0 Å². The summed E-state index contributed by atoms with van der Waals surface area (Å²) in [6.45, 7) is 7.54. The van der Waals surface area contributed by atoms with Gasteiger partial charge in [-0.25, -0.2) is 9.97 Å². The third kappa shape index (κ3) is 3.90. The van der Waals surface area contributed by atoms with Gasteiger partial charge in [0.15, 0.2) is 11.9 Å². The van der Waals surface area contributed by atoms with Crippen LogP contribution in [0.25, 0.3) is 0 Å². The van der Waals surface area contributed by atoms with Crippen LogP contribution in [0.3, 0.4) is 0 Å². The molecule has 6 nitrogen and oxygen atoms in total. The summed E-state index contributed by atoms with van der Waals surface area (Å²) in [5.74, 6) is 1.26. The highest BCUT2D eigenvalue weighted by Gasteiger charge is 2.17. The topological polar surface area (TPSA) is 67.3 Å². The number of hydrogen-bond donors (Lipinski definition) is 1. The van der Waals surface area contributed by atoms with E-state index in [1.165, 1.54) is 0 Å². The number of anilines is 1. The van der Waals surface area contributed by atoms with Gasteiger partial charge >= 0.3 is 5.97 Å². The third-order valence-electron chi connectivity index (χ3n) is 3.23. The van der Waals surface area contributed by atoms with Gasteiger partial charge in [-0.3, -0.25) is 4.79 Å². The van der Waals surface area contributed by atoms with E-state index in [4.69, 9.17) is 4.74 Å². The first-order valence-corrected chi connectivity index (χ1v) is 7.18. The number of nitrogens with zero attached hydrogens (tertiary/aromatic N) is 3. The molecule has 6 heteroatoms. The second kappa shape index (κ2) is 7.19. The Bertz CT molecular complexity index is 447. The Morgan fingerprint density at radius 3 is 2.95 bits per heavy atom. The molecule has 0 aliphatic carbocycles. The van der Waals surface area contributed by atoms with Crippen molar-refractivity contribution in [2.45, 2.75) is 32.8 Å². The van der Waals surface area contributed by atoms with Gasteiger partial charge < -0.3 is 15.0 Å². The Balaban J connectivity index is 2.02. The lowest BCUT2D eigenvalue weighted by Gasteiger charge is -2.28. The minimum absolute atomic E-state index is 0.198. The predicted octanol–water partition coefficient (Wildman–Crippen LogP) is 1.29. The Morgan fingerprint density at radius 1 is 1.50 bits per heavy atom. The number of ether oxygens (including phenoxy) is 1. The lowest BCUT2D eigenvalue weighted by Crippen LogP contribution is -2.44. The highest BCUT2D eigenvalue weighted by molar-refractivity contribution is 5.69. The van der Waals surface area contributed by atoms with Gasteiger partial charge in [0.2, 0.25) is 0 Å². The Kier molecular flexibility index (Phi) is 5.29. The molecule has 20 heavy (non-hydrogen) atoms. The van der Waals surface area contributed by atoms with E-state index in [0.29, 0.717) is 12.2 Å². The summed E-state index contributed by atoms with van der Waals surface area (Å²) in [4.78, 5) is 22.5. The average molecular weight is 278 g/mol. The van der Waals surface area contributed by atoms with Crippen molar-refractivity contribution >= 4 is 11.8 Å². The highest BCUT2D eigenvalue weighted by atomic mass is 16.5. The summed E-state index contributed by atoms with van der Waals surface area (Å²) in [6.07, 6.45) is 2.54. The molecule has 0 amide bonds. The van der Waals surface area contributed by atoms with Crippen LogP contribution in [0.1, 0.15) is 38.6 Å². The maximum absolute atomic E-state index is 11.5. The van der Waals surface area contributed by atoms with Crippen LogP contribution in [0, 0.1) is 0 Å². The number of aromatic nitrogens is 2. The molecule has 110 valence electrons. The number of rotatable bonds is 5. The summed E-state index contributed by atoms with van der Waals surface area (Å²) in [5.41, 5.74) is 0. The quantitative estimate of drug-likeness (QED) is 0.819. The zero-order valence-electron chi connectivity index (χ0n) is 12.1. The number of esters is 1. The molecule has 1 fully saturated rings. The van der Waals surface area contributed by atoms with E-state index in [1.54, 1.807) is 6.20 Å². The van der Waals surface area contributed by atoms with E-state index < -0.39 is 6.10 Å². The molecule has 0 aromatic carbocycles. The van der Waals surface area contributed by atoms with Crippen molar-refractivity contribution in [3.63, 3.8) is 0 Å². The fraction of sp³-hybridized carbons (Fsp3) is 0.643. The number of carbonyl (C=O) groups is 1. The van der Waals surface area contributed by atoms with Gasteiger partial charge in [-0.15, -0.1) is 0 Å². The molecule has 2 rings (SSSR count). The van der Waals surface area contributed by atoms with Crippen LogP contribution in [-0.4, -0.2) is 42.1 Å². The summed E-state index contributed by atoms with van der Waals surface area (Å²) in [5, 5.41) is 3.31. The Morgan fingerprint density at radius 2 is 2.25 bits per heavy atom. The normalized spacial score (nSPS) is 16.8. The van der Waals surface area contributed by atoms with Gasteiger partial charge in [-0.1, -0.05) is 6.92 Å². The zero-order valence-corrected chi connectivity index (χ0v) is 12.1. The minimum Gasteiger partial charge on any atom is -0.454 e. The maximum Gasteiger partial charge on any atom is 0.306 e. The first-order chi connectivity index (χ1) is 9.70. The molecule has 1 atom stereocenters. The second-order valence-electron chi connectivity index (χ2n) is 4.89. The van der Waals surface area contributed by atoms with Crippen LogP contribution in [0.2, 0.25) is 0 Å².